The van der Waals surface area contributed by atoms with Gasteiger partial charge in [0, 0.05) is 9.15 Å². The van der Waals surface area contributed by atoms with Crippen LogP contribution in [0, 0.1) is 0 Å². The number of halogens is 1. The molecule has 0 atom stereocenters. The summed E-state index contributed by atoms with van der Waals surface area (Å²) in [7, 11) is 0. The lowest BCUT2D eigenvalue weighted by Crippen LogP contribution is -1.97. The van der Waals surface area contributed by atoms with Crippen LogP contribution in [0.5, 0.6) is 0 Å². The molecule has 0 radical (unpaired) electrons. The molecule has 0 aromatic heterocycles. The Kier molecular flexibility index (Phi) is 3.84. The number of hydrogen-bond donors (Lipinski definition) is 1. The Hall–Kier alpha value is -0.0600. The quantitative estimate of drug-likeness (QED) is 0.593. The van der Waals surface area contributed by atoms with Crippen LogP contribution in [0.3, 0.4) is 0 Å². The van der Waals surface area contributed by atoms with Gasteiger partial charge in [-0.25, -0.2) is 4.79 Å². The zero-order chi connectivity index (χ0) is 7.44. The van der Waals surface area contributed by atoms with Gasteiger partial charge in [-0.15, -0.1) is 0 Å². The van der Waals surface area contributed by atoms with Crippen LogP contribution in [0.25, 0.3) is 0 Å². The molecule has 0 aromatic rings. The fraction of sp³-hybridized carbons (Fsp3) is 0.500. The highest BCUT2D eigenvalue weighted by molar-refractivity contribution is 14.1. The number of allylic oxidation sites excluding steroid dienone is 1. The molecule has 0 amide bonds. The Morgan fingerprint density at radius 2 is 2.11 bits per heavy atom. The summed E-state index contributed by atoms with van der Waals surface area (Å²) in [6.45, 7) is 3.56. The minimum Gasteiger partial charge on any atom is -0.478 e. The van der Waals surface area contributed by atoms with E-state index in [-0.39, 0.29) is 0 Å². The molecule has 9 heavy (non-hydrogen) atoms. The van der Waals surface area contributed by atoms with E-state index in [1.54, 1.807) is 6.92 Å². The highest BCUT2D eigenvalue weighted by Gasteiger charge is 2.03. The van der Waals surface area contributed by atoms with Gasteiger partial charge in [0.05, 0.1) is 0 Å². The zero-order valence-electron chi connectivity index (χ0n) is 5.44. The van der Waals surface area contributed by atoms with Gasteiger partial charge in [0.2, 0.25) is 0 Å². The lowest BCUT2D eigenvalue weighted by Gasteiger charge is -1.95. The second-order valence-corrected chi connectivity index (χ2v) is 2.99. The van der Waals surface area contributed by atoms with E-state index in [0.29, 0.717) is 5.57 Å². The number of rotatable bonds is 2. The molecule has 0 aliphatic heterocycles. The van der Waals surface area contributed by atoms with Crippen molar-refractivity contribution in [1.29, 1.82) is 0 Å². The first-order valence-electron chi connectivity index (χ1n) is 2.68. The van der Waals surface area contributed by atoms with Crippen molar-refractivity contribution in [3.05, 3.63) is 9.15 Å². The average molecular weight is 240 g/mol. The van der Waals surface area contributed by atoms with Crippen molar-refractivity contribution in [2.45, 2.75) is 20.3 Å². The molecule has 0 fully saturated rings. The minimum atomic E-state index is -0.818. The van der Waals surface area contributed by atoms with Crippen molar-refractivity contribution in [2.24, 2.45) is 0 Å². The van der Waals surface area contributed by atoms with Crippen molar-refractivity contribution in [3.8, 4) is 0 Å². The highest BCUT2D eigenvalue weighted by Crippen LogP contribution is 2.15. The van der Waals surface area contributed by atoms with Gasteiger partial charge in [-0.1, -0.05) is 6.92 Å². The molecule has 0 bridgehead atoms. The maximum absolute atomic E-state index is 10.2. The van der Waals surface area contributed by atoms with Gasteiger partial charge in [0.1, 0.15) is 0 Å². The van der Waals surface area contributed by atoms with Gasteiger partial charge < -0.3 is 5.11 Å². The second kappa shape index (κ2) is 3.87. The van der Waals surface area contributed by atoms with Gasteiger partial charge in [-0.2, -0.15) is 0 Å². The number of carboxylic acids is 1. The monoisotopic (exact) mass is 240 g/mol. The fourth-order valence-electron chi connectivity index (χ4n) is 0.381. The van der Waals surface area contributed by atoms with Crippen LogP contribution in [0.2, 0.25) is 0 Å². The SMILES string of the molecule is CCC(I)=C(C)C(=O)O. The van der Waals surface area contributed by atoms with Crippen molar-refractivity contribution in [1.82, 2.24) is 0 Å². The van der Waals surface area contributed by atoms with Gasteiger partial charge in [0.15, 0.2) is 0 Å². The van der Waals surface area contributed by atoms with Crippen LogP contribution < -0.4 is 0 Å². The first-order valence-corrected chi connectivity index (χ1v) is 3.76. The smallest absolute Gasteiger partial charge is 0.332 e. The van der Waals surface area contributed by atoms with Crippen LogP contribution in [-0.4, -0.2) is 11.1 Å². The summed E-state index contributed by atoms with van der Waals surface area (Å²) in [5.41, 5.74) is 0.457. The second-order valence-electron chi connectivity index (χ2n) is 1.69. The summed E-state index contributed by atoms with van der Waals surface area (Å²) in [4.78, 5) is 10.2. The molecule has 0 spiro atoms. The Bertz CT molecular complexity index is 149. The van der Waals surface area contributed by atoms with E-state index >= 15 is 0 Å². The lowest BCUT2D eigenvalue weighted by atomic mass is 10.2. The zero-order valence-corrected chi connectivity index (χ0v) is 7.60. The van der Waals surface area contributed by atoms with Gasteiger partial charge >= 0.3 is 5.97 Å². The number of carboxylic acid groups (broad SMARTS) is 1. The van der Waals surface area contributed by atoms with E-state index in [4.69, 9.17) is 5.11 Å². The molecular weight excluding hydrogens is 231 g/mol. The molecule has 0 saturated carbocycles. The van der Waals surface area contributed by atoms with Crippen LogP contribution in [0.4, 0.5) is 0 Å². The van der Waals surface area contributed by atoms with E-state index in [0.717, 1.165) is 10.0 Å². The minimum absolute atomic E-state index is 0.457. The van der Waals surface area contributed by atoms with E-state index in [1.807, 2.05) is 29.5 Å². The largest absolute Gasteiger partial charge is 0.478 e. The summed E-state index contributed by atoms with van der Waals surface area (Å²) in [5.74, 6) is -0.818. The maximum atomic E-state index is 10.2. The molecule has 2 nitrogen and oxygen atoms in total. The Labute approximate surface area is 68.1 Å². The third-order valence-corrected chi connectivity index (χ3v) is 2.61. The first kappa shape index (κ1) is 8.94. The summed E-state index contributed by atoms with van der Waals surface area (Å²) in [6.07, 6.45) is 0.804. The Balaban J connectivity index is 4.28. The summed E-state index contributed by atoms with van der Waals surface area (Å²) in [5, 5.41) is 8.42. The third-order valence-electron chi connectivity index (χ3n) is 1.04. The molecular formula is C6H9IO2. The number of carbonyl (C=O) groups is 1. The van der Waals surface area contributed by atoms with Gasteiger partial charge in [0.25, 0.3) is 0 Å². The van der Waals surface area contributed by atoms with Crippen molar-refractivity contribution in [2.75, 3.05) is 0 Å². The van der Waals surface area contributed by atoms with Crippen molar-refractivity contribution in [3.63, 3.8) is 0 Å². The van der Waals surface area contributed by atoms with Crippen LogP contribution in [0.1, 0.15) is 20.3 Å². The molecule has 0 unspecified atom stereocenters. The molecule has 0 heterocycles. The van der Waals surface area contributed by atoms with Crippen molar-refractivity contribution < 1.29 is 9.90 Å². The topological polar surface area (TPSA) is 37.3 Å². The molecule has 3 heteroatoms. The fourth-order valence-corrected chi connectivity index (χ4v) is 0.612. The molecule has 0 aromatic carbocycles. The molecule has 0 aliphatic rings. The maximum Gasteiger partial charge on any atom is 0.332 e. The van der Waals surface area contributed by atoms with Crippen molar-refractivity contribution >= 4 is 28.6 Å². The van der Waals surface area contributed by atoms with E-state index in [9.17, 15) is 4.79 Å². The van der Waals surface area contributed by atoms with Crippen LogP contribution >= 0.6 is 22.6 Å². The molecule has 1 N–H and O–H groups in total. The van der Waals surface area contributed by atoms with Gasteiger partial charge in [-0.05, 0) is 35.9 Å². The highest BCUT2D eigenvalue weighted by atomic mass is 127. The van der Waals surface area contributed by atoms with E-state index < -0.39 is 5.97 Å². The normalized spacial score (nSPS) is 12.8. The number of hydrogen-bond acceptors (Lipinski definition) is 1. The Morgan fingerprint density at radius 3 is 2.22 bits per heavy atom. The summed E-state index contributed by atoms with van der Waals surface area (Å²) in [6, 6.07) is 0. The summed E-state index contributed by atoms with van der Waals surface area (Å²) < 4.78 is 0.917. The predicted molar refractivity (Wildman–Crippen MR) is 44.6 cm³/mol. The number of aliphatic carboxylic acids is 1. The molecule has 0 saturated heterocycles. The van der Waals surface area contributed by atoms with E-state index in [1.165, 1.54) is 0 Å². The third kappa shape index (κ3) is 2.84. The molecule has 0 rings (SSSR count). The van der Waals surface area contributed by atoms with E-state index in [2.05, 4.69) is 0 Å². The lowest BCUT2D eigenvalue weighted by molar-refractivity contribution is -0.132. The van der Waals surface area contributed by atoms with Gasteiger partial charge in [-0.3, -0.25) is 0 Å². The Morgan fingerprint density at radius 1 is 1.67 bits per heavy atom. The standard InChI is InChI=1S/C6H9IO2/c1-3-5(7)4(2)6(8)9/h3H2,1-2H3,(H,8,9). The summed E-state index contributed by atoms with van der Waals surface area (Å²) >= 11 is 2.05. The van der Waals surface area contributed by atoms with Crippen LogP contribution in [-0.2, 0) is 4.79 Å². The first-order chi connectivity index (χ1) is 4.09. The van der Waals surface area contributed by atoms with Crippen LogP contribution in [0.15, 0.2) is 9.15 Å². The molecule has 0 aliphatic carbocycles. The average Bonchev–Trinajstić information content (AvgIpc) is 1.84. The molecule has 52 valence electrons. The predicted octanol–water partition coefficient (Wildman–Crippen LogP) is 2.19.